The van der Waals surface area contributed by atoms with Crippen LogP contribution in [0.4, 0.5) is 0 Å². The monoisotopic (exact) mass is 330 g/mol. The Labute approximate surface area is 132 Å². The molecule has 7 heteroatoms. The van der Waals surface area contributed by atoms with Crippen LogP contribution in [0.15, 0.2) is 29.2 Å². The second kappa shape index (κ2) is 7.72. The van der Waals surface area contributed by atoms with Crippen LogP contribution in [0.3, 0.4) is 0 Å². The van der Waals surface area contributed by atoms with E-state index in [4.69, 9.17) is 12.2 Å². The molecule has 0 amide bonds. The molecule has 0 aliphatic heterocycles. The first-order valence-corrected chi connectivity index (χ1v) is 9.13. The van der Waals surface area contributed by atoms with Crippen LogP contribution in [0, 0.1) is 0 Å². The Hall–Kier alpha value is -1.18. The summed E-state index contributed by atoms with van der Waals surface area (Å²) in [6.07, 6.45) is 1.20. The predicted molar refractivity (Wildman–Crippen MR) is 89.4 cm³/mol. The molecule has 3 N–H and O–H groups in total. The fourth-order valence-electron chi connectivity index (χ4n) is 1.76. The summed E-state index contributed by atoms with van der Waals surface area (Å²) in [5.74, 6) is 0. The smallest absolute Gasteiger partial charge is 0.175 e. The molecule has 5 nitrogen and oxygen atoms in total. The molecule has 0 fully saturated rings. The highest BCUT2D eigenvalue weighted by atomic mass is 32.2. The SMILES string of the molecule is C[C@@H](NC(=S)NCC[NH+](C)C)c1ccc(S(C)(=O)=O)cc1. The first-order valence-electron chi connectivity index (χ1n) is 6.83. The van der Waals surface area contributed by atoms with Crippen LogP contribution in [-0.4, -0.2) is 47.0 Å². The van der Waals surface area contributed by atoms with Gasteiger partial charge in [-0.2, -0.15) is 0 Å². The Kier molecular flexibility index (Phi) is 6.57. The van der Waals surface area contributed by atoms with E-state index in [2.05, 4.69) is 24.7 Å². The summed E-state index contributed by atoms with van der Waals surface area (Å²) >= 11 is 5.24. The first-order chi connectivity index (χ1) is 9.70. The van der Waals surface area contributed by atoms with Gasteiger partial charge < -0.3 is 15.5 Å². The highest BCUT2D eigenvalue weighted by Gasteiger charge is 2.10. The average molecular weight is 330 g/mol. The number of hydrogen-bond donors (Lipinski definition) is 3. The van der Waals surface area contributed by atoms with Crippen molar-refractivity contribution in [3.63, 3.8) is 0 Å². The molecular weight excluding hydrogens is 306 g/mol. The number of sulfone groups is 1. The summed E-state index contributed by atoms with van der Waals surface area (Å²) in [7, 11) is 1.03. The molecule has 1 atom stereocenters. The maximum absolute atomic E-state index is 11.4. The Morgan fingerprint density at radius 3 is 2.33 bits per heavy atom. The molecule has 0 saturated carbocycles. The van der Waals surface area contributed by atoms with Crippen molar-refractivity contribution < 1.29 is 13.3 Å². The van der Waals surface area contributed by atoms with Crippen LogP contribution in [0.25, 0.3) is 0 Å². The van der Waals surface area contributed by atoms with E-state index in [0.29, 0.717) is 10.0 Å². The van der Waals surface area contributed by atoms with Gasteiger partial charge >= 0.3 is 0 Å². The van der Waals surface area contributed by atoms with Crippen molar-refractivity contribution in [1.29, 1.82) is 0 Å². The lowest BCUT2D eigenvalue weighted by Crippen LogP contribution is -3.06. The van der Waals surface area contributed by atoms with Gasteiger partial charge in [0.1, 0.15) is 0 Å². The van der Waals surface area contributed by atoms with Crippen molar-refractivity contribution in [3.05, 3.63) is 29.8 Å². The highest BCUT2D eigenvalue weighted by Crippen LogP contribution is 2.16. The van der Waals surface area contributed by atoms with Crippen LogP contribution in [0.2, 0.25) is 0 Å². The van der Waals surface area contributed by atoms with Crippen LogP contribution in [0.1, 0.15) is 18.5 Å². The minimum atomic E-state index is -3.15. The molecule has 1 aromatic rings. The van der Waals surface area contributed by atoms with Crippen molar-refractivity contribution >= 4 is 27.2 Å². The molecular formula is C14H24N3O2S2+. The molecule has 0 aliphatic rings. The van der Waals surface area contributed by atoms with Gasteiger partial charge in [0.2, 0.25) is 0 Å². The third kappa shape index (κ3) is 6.41. The van der Waals surface area contributed by atoms with E-state index in [1.165, 1.54) is 11.2 Å². The number of likely N-dealkylation sites (N-methyl/N-ethyl adjacent to an activating group) is 1. The molecule has 0 saturated heterocycles. The highest BCUT2D eigenvalue weighted by molar-refractivity contribution is 7.90. The van der Waals surface area contributed by atoms with Gasteiger partial charge in [-0.15, -0.1) is 0 Å². The van der Waals surface area contributed by atoms with Crippen molar-refractivity contribution in [2.24, 2.45) is 0 Å². The quantitative estimate of drug-likeness (QED) is 0.629. The van der Waals surface area contributed by atoms with Crippen LogP contribution < -0.4 is 15.5 Å². The van der Waals surface area contributed by atoms with Gasteiger partial charge in [-0.05, 0) is 36.8 Å². The van der Waals surface area contributed by atoms with Crippen molar-refractivity contribution in [3.8, 4) is 0 Å². The molecule has 0 radical (unpaired) electrons. The lowest BCUT2D eigenvalue weighted by Gasteiger charge is -2.18. The molecule has 0 aromatic heterocycles. The van der Waals surface area contributed by atoms with Crippen molar-refractivity contribution in [2.75, 3.05) is 33.4 Å². The van der Waals surface area contributed by atoms with E-state index in [-0.39, 0.29) is 6.04 Å². The van der Waals surface area contributed by atoms with Gasteiger partial charge in [-0.25, -0.2) is 8.42 Å². The standard InChI is InChI=1S/C14H23N3O2S2/c1-11(16-14(20)15-9-10-17(2)3)12-5-7-13(8-6-12)21(4,18)19/h5-8,11H,9-10H2,1-4H3,(H2,15,16,20)/p+1/t11-/m1/s1. The van der Waals surface area contributed by atoms with Gasteiger partial charge in [0, 0.05) is 6.26 Å². The third-order valence-corrected chi connectivity index (χ3v) is 4.46. The second-order valence-electron chi connectivity index (χ2n) is 5.42. The number of hydrogen-bond acceptors (Lipinski definition) is 3. The molecule has 118 valence electrons. The second-order valence-corrected chi connectivity index (χ2v) is 7.84. The molecule has 0 spiro atoms. The van der Waals surface area contributed by atoms with Crippen molar-refractivity contribution in [1.82, 2.24) is 10.6 Å². The molecule has 0 heterocycles. The topological polar surface area (TPSA) is 62.6 Å². The number of rotatable bonds is 6. The molecule has 0 aliphatic carbocycles. The Bertz CT molecular complexity index is 568. The van der Waals surface area contributed by atoms with Crippen LogP contribution in [0.5, 0.6) is 0 Å². The zero-order chi connectivity index (χ0) is 16.0. The molecule has 21 heavy (non-hydrogen) atoms. The summed E-state index contributed by atoms with van der Waals surface area (Å²) in [4.78, 5) is 1.68. The van der Waals surface area contributed by atoms with E-state index in [1.54, 1.807) is 24.3 Å². The largest absolute Gasteiger partial charge is 0.357 e. The van der Waals surface area contributed by atoms with Crippen LogP contribution >= 0.6 is 12.2 Å². The normalized spacial score (nSPS) is 13.0. The number of quaternary nitrogens is 1. The van der Waals surface area contributed by atoms with Gasteiger partial charge in [0.15, 0.2) is 14.9 Å². The minimum absolute atomic E-state index is 0.0188. The summed E-state index contributed by atoms with van der Waals surface area (Å²) in [6.45, 7) is 3.79. The summed E-state index contributed by atoms with van der Waals surface area (Å²) < 4.78 is 22.8. The Morgan fingerprint density at radius 2 is 1.86 bits per heavy atom. The lowest BCUT2D eigenvalue weighted by molar-refractivity contribution is -0.856. The summed E-state index contributed by atoms with van der Waals surface area (Å²) in [6, 6.07) is 6.87. The third-order valence-electron chi connectivity index (χ3n) is 3.07. The number of benzene rings is 1. The maximum atomic E-state index is 11.4. The maximum Gasteiger partial charge on any atom is 0.175 e. The zero-order valence-electron chi connectivity index (χ0n) is 12.9. The van der Waals surface area contributed by atoms with Gasteiger partial charge in [0.25, 0.3) is 0 Å². The summed E-state index contributed by atoms with van der Waals surface area (Å²) in [5.41, 5.74) is 0.991. The van der Waals surface area contributed by atoms with E-state index < -0.39 is 9.84 Å². The molecule has 1 aromatic carbocycles. The minimum Gasteiger partial charge on any atom is -0.357 e. The van der Waals surface area contributed by atoms with Gasteiger partial charge in [-0.3, -0.25) is 0 Å². The van der Waals surface area contributed by atoms with E-state index in [0.717, 1.165) is 18.7 Å². The fraction of sp³-hybridized carbons (Fsp3) is 0.500. The number of nitrogens with one attached hydrogen (secondary N) is 3. The van der Waals surface area contributed by atoms with Gasteiger partial charge in [0.05, 0.1) is 38.1 Å². The molecule has 0 unspecified atom stereocenters. The van der Waals surface area contributed by atoms with Crippen molar-refractivity contribution in [2.45, 2.75) is 17.9 Å². The van der Waals surface area contributed by atoms with Gasteiger partial charge in [-0.1, -0.05) is 12.1 Å². The average Bonchev–Trinajstić information content (AvgIpc) is 2.37. The van der Waals surface area contributed by atoms with E-state index in [1.807, 2.05) is 6.92 Å². The summed E-state index contributed by atoms with van der Waals surface area (Å²) in [5, 5.41) is 6.95. The molecule has 1 rings (SSSR count). The zero-order valence-corrected chi connectivity index (χ0v) is 14.6. The lowest BCUT2D eigenvalue weighted by atomic mass is 10.1. The van der Waals surface area contributed by atoms with E-state index >= 15 is 0 Å². The Balaban J connectivity index is 2.55. The molecule has 0 bridgehead atoms. The predicted octanol–water partition coefficient (Wildman–Crippen LogP) is -0.240. The fourth-order valence-corrected chi connectivity index (χ4v) is 2.67. The van der Waals surface area contributed by atoms with E-state index in [9.17, 15) is 8.42 Å². The van der Waals surface area contributed by atoms with Crippen LogP contribution in [-0.2, 0) is 9.84 Å². The Morgan fingerprint density at radius 1 is 1.29 bits per heavy atom. The first kappa shape index (κ1) is 17.9. The number of thiocarbonyl (C=S) groups is 1.